The summed E-state index contributed by atoms with van der Waals surface area (Å²) in [5.41, 5.74) is 4.30. The predicted octanol–water partition coefficient (Wildman–Crippen LogP) is 4.60. The van der Waals surface area contributed by atoms with Crippen molar-refractivity contribution < 1.29 is 13.4 Å². The Balaban J connectivity index is 1.55. The summed E-state index contributed by atoms with van der Waals surface area (Å²) < 4.78 is 33.2. The van der Waals surface area contributed by atoms with Gasteiger partial charge in [-0.25, -0.2) is 22.6 Å². The highest BCUT2D eigenvalue weighted by molar-refractivity contribution is 7.93. The van der Waals surface area contributed by atoms with Gasteiger partial charge in [0.15, 0.2) is 11.6 Å². The van der Waals surface area contributed by atoms with E-state index in [1.165, 1.54) is 12.3 Å². The number of aromatic nitrogens is 3. The molecule has 1 aliphatic heterocycles. The number of hydrogen-bond acceptors (Lipinski definition) is 7. The van der Waals surface area contributed by atoms with E-state index >= 15 is 0 Å². The Morgan fingerprint density at radius 1 is 1.20 bits per heavy atom. The molecule has 0 unspecified atom stereocenters. The Morgan fingerprint density at radius 2 is 1.90 bits per heavy atom. The van der Waals surface area contributed by atoms with Crippen molar-refractivity contribution in [3.8, 4) is 23.0 Å². The van der Waals surface area contributed by atoms with Crippen LogP contribution in [0.3, 0.4) is 0 Å². The molecule has 1 saturated carbocycles. The molecule has 1 saturated heterocycles. The molecule has 1 aromatic carbocycles. The van der Waals surface area contributed by atoms with Gasteiger partial charge in [0.1, 0.15) is 6.04 Å². The molecule has 1 amide bonds. The van der Waals surface area contributed by atoms with Crippen LogP contribution in [0.4, 0.5) is 10.1 Å². The second-order valence-electron chi connectivity index (χ2n) is 10.8. The summed E-state index contributed by atoms with van der Waals surface area (Å²) in [4.78, 5) is 19.8. The molecule has 1 aliphatic carbocycles. The van der Waals surface area contributed by atoms with Crippen LogP contribution in [0.15, 0.2) is 47.0 Å². The molecule has 5 rings (SSSR count). The van der Waals surface area contributed by atoms with Gasteiger partial charge in [-0.2, -0.15) is 10.4 Å². The highest BCUT2D eigenvalue weighted by Gasteiger charge is 2.37. The van der Waals surface area contributed by atoms with Crippen LogP contribution < -0.4 is 10.2 Å². The van der Waals surface area contributed by atoms with Gasteiger partial charge in [0, 0.05) is 70.7 Å². The number of benzene rings is 1. The molecular weight excluding hydrogens is 541 g/mol. The van der Waals surface area contributed by atoms with Gasteiger partial charge in [0.25, 0.3) is 0 Å². The predicted molar refractivity (Wildman–Crippen MR) is 158 cm³/mol. The number of pyridine rings is 1. The first kappa shape index (κ1) is 28.7. The Kier molecular flexibility index (Phi) is 8.40. The molecule has 3 aromatic rings. The number of carbonyl (C=O) groups excluding carboxylic acids is 1. The van der Waals surface area contributed by atoms with E-state index in [4.69, 9.17) is 5.10 Å². The molecule has 1 N–H and O–H groups in total. The van der Waals surface area contributed by atoms with Gasteiger partial charge in [0.2, 0.25) is 5.91 Å². The van der Waals surface area contributed by atoms with Gasteiger partial charge in [-0.05, 0) is 56.5 Å². The fourth-order valence-electron chi connectivity index (χ4n) is 6.00. The maximum atomic E-state index is 14.9. The summed E-state index contributed by atoms with van der Waals surface area (Å²) >= 11 is 0. The molecule has 216 valence electrons. The van der Waals surface area contributed by atoms with E-state index in [0.717, 1.165) is 47.5 Å². The van der Waals surface area contributed by atoms with Crippen LogP contribution in [-0.4, -0.2) is 62.6 Å². The van der Waals surface area contributed by atoms with Crippen molar-refractivity contribution in [3.05, 3.63) is 59.8 Å². The smallest absolute Gasteiger partial charge is 0.224 e. The van der Waals surface area contributed by atoms with E-state index in [9.17, 15) is 18.7 Å². The molecule has 9 nitrogen and oxygen atoms in total. The van der Waals surface area contributed by atoms with Crippen LogP contribution in [0.25, 0.3) is 16.9 Å². The van der Waals surface area contributed by atoms with Crippen LogP contribution >= 0.6 is 0 Å². The number of rotatable bonds is 6. The summed E-state index contributed by atoms with van der Waals surface area (Å²) in [6.07, 6.45) is 4.87. The first-order valence-electron chi connectivity index (χ1n) is 14.1. The first-order valence-corrected chi connectivity index (χ1v) is 16.0. The maximum Gasteiger partial charge on any atom is 0.224 e. The maximum absolute atomic E-state index is 14.9. The SMILES string of the molecule is CN=S1(=O)CCN(c2ccc(-c3c([C@@H]4CCCC[C@H]4C(=O)N[C@@H](C)C#N)nn(-c4ncccc4F)c3C)cc2)CC1. The third-order valence-electron chi connectivity index (χ3n) is 8.30. The lowest BCUT2D eigenvalue weighted by molar-refractivity contribution is -0.126. The molecule has 3 atom stereocenters. The van der Waals surface area contributed by atoms with Crippen LogP contribution in [0.1, 0.15) is 49.9 Å². The normalized spacial score (nSPS) is 21.1. The number of anilines is 1. The van der Waals surface area contributed by atoms with Crippen LogP contribution in [0.2, 0.25) is 0 Å². The minimum absolute atomic E-state index is 0.113. The van der Waals surface area contributed by atoms with Crippen LogP contribution in [-0.2, 0) is 14.5 Å². The average molecular weight is 578 g/mol. The van der Waals surface area contributed by atoms with E-state index in [1.807, 2.05) is 31.2 Å². The Morgan fingerprint density at radius 3 is 2.56 bits per heavy atom. The van der Waals surface area contributed by atoms with E-state index in [2.05, 4.69) is 25.6 Å². The summed E-state index contributed by atoms with van der Waals surface area (Å²) in [5, 5.41) is 17.0. The number of nitrogens with one attached hydrogen (secondary N) is 1. The van der Waals surface area contributed by atoms with Crippen molar-refractivity contribution in [2.45, 2.75) is 51.5 Å². The average Bonchev–Trinajstić information content (AvgIpc) is 3.34. The number of amides is 1. The minimum atomic E-state index is -2.11. The topological polar surface area (TPSA) is 116 Å². The van der Waals surface area contributed by atoms with Crippen molar-refractivity contribution in [2.75, 3.05) is 36.5 Å². The van der Waals surface area contributed by atoms with Gasteiger partial charge >= 0.3 is 0 Å². The molecule has 3 heterocycles. The van der Waals surface area contributed by atoms with Crippen molar-refractivity contribution in [2.24, 2.45) is 10.3 Å². The molecule has 2 aromatic heterocycles. The molecule has 2 fully saturated rings. The monoisotopic (exact) mass is 577 g/mol. The zero-order chi connectivity index (χ0) is 29.1. The molecule has 0 bridgehead atoms. The fraction of sp³-hybridized carbons (Fsp3) is 0.467. The zero-order valence-electron chi connectivity index (χ0n) is 23.7. The zero-order valence-corrected chi connectivity index (χ0v) is 24.5. The van der Waals surface area contributed by atoms with Crippen molar-refractivity contribution in [1.29, 1.82) is 5.26 Å². The highest BCUT2D eigenvalue weighted by atomic mass is 32.2. The van der Waals surface area contributed by atoms with E-state index in [-0.39, 0.29) is 23.6 Å². The third-order valence-corrected chi connectivity index (χ3v) is 10.6. The Bertz CT molecular complexity index is 1570. The summed E-state index contributed by atoms with van der Waals surface area (Å²) in [6, 6.07) is 12.6. The largest absolute Gasteiger partial charge is 0.370 e. The first-order chi connectivity index (χ1) is 19.7. The molecule has 0 spiro atoms. The van der Waals surface area contributed by atoms with Crippen LogP contribution in [0.5, 0.6) is 0 Å². The van der Waals surface area contributed by atoms with E-state index in [1.54, 1.807) is 24.7 Å². The fourth-order valence-corrected chi connectivity index (χ4v) is 7.58. The molecular formula is C30H36FN7O2S. The van der Waals surface area contributed by atoms with Crippen LogP contribution in [0, 0.1) is 30.0 Å². The van der Waals surface area contributed by atoms with Gasteiger partial charge in [-0.3, -0.25) is 4.79 Å². The third kappa shape index (κ3) is 5.84. The number of hydrogen-bond donors (Lipinski definition) is 1. The molecule has 0 radical (unpaired) electrons. The lowest BCUT2D eigenvalue weighted by Crippen LogP contribution is -2.40. The van der Waals surface area contributed by atoms with Gasteiger partial charge in [0.05, 0.1) is 17.5 Å². The number of nitriles is 1. The number of carbonyl (C=O) groups is 1. The second-order valence-corrected chi connectivity index (χ2v) is 13.5. The van der Waals surface area contributed by atoms with Gasteiger partial charge < -0.3 is 10.2 Å². The van der Waals surface area contributed by atoms with Gasteiger partial charge in [-0.1, -0.05) is 25.0 Å². The van der Waals surface area contributed by atoms with Crippen molar-refractivity contribution in [1.82, 2.24) is 20.1 Å². The number of halogens is 1. The minimum Gasteiger partial charge on any atom is -0.370 e. The Labute approximate surface area is 241 Å². The van der Waals surface area contributed by atoms with E-state index < -0.39 is 21.6 Å². The number of nitrogens with zero attached hydrogens (tertiary/aromatic N) is 6. The lowest BCUT2D eigenvalue weighted by Gasteiger charge is -2.31. The molecule has 2 aliphatic rings. The standard InChI is InChI=1S/C30H36FN7O2S/c1-20(19-32)35-30(39)25-8-5-4-7-24(25)28-27(21(2)38(36-28)29-26(31)9-6-14-34-29)22-10-12-23(13-11-22)37-15-17-41(40,33-3)18-16-37/h6,9-14,20,24-25H,4-5,7-8,15-18H2,1-3H3,(H,35,39)/t20-,24+,25+/m0/s1. The summed E-state index contributed by atoms with van der Waals surface area (Å²) in [6.45, 7) is 4.93. The highest BCUT2D eigenvalue weighted by Crippen LogP contribution is 2.43. The van der Waals surface area contributed by atoms with E-state index in [0.29, 0.717) is 31.0 Å². The summed E-state index contributed by atoms with van der Waals surface area (Å²) in [7, 11) is -0.474. The van der Waals surface area contributed by atoms with Gasteiger partial charge in [-0.15, -0.1) is 0 Å². The summed E-state index contributed by atoms with van der Waals surface area (Å²) in [5.74, 6) is 0.0425. The van der Waals surface area contributed by atoms with Crippen molar-refractivity contribution >= 4 is 21.3 Å². The van der Waals surface area contributed by atoms with Crippen molar-refractivity contribution in [3.63, 3.8) is 0 Å². The quantitative estimate of drug-likeness (QED) is 0.458. The lowest BCUT2D eigenvalue weighted by atomic mass is 9.75. The molecule has 41 heavy (non-hydrogen) atoms. The molecule has 11 heteroatoms. The Hall–Kier alpha value is -3.78. The second kappa shape index (κ2) is 12.0.